The van der Waals surface area contributed by atoms with Crippen molar-refractivity contribution in [2.24, 2.45) is 0 Å². The maximum Gasteiger partial charge on any atom is 0.243 e. The summed E-state index contributed by atoms with van der Waals surface area (Å²) in [5, 5.41) is 2.22. The second-order valence-electron chi connectivity index (χ2n) is 5.65. The van der Waals surface area contributed by atoms with Crippen molar-refractivity contribution in [3.8, 4) is 0 Å². The van der Waals surface area contributed by atoms with Gasteiger partial charge in [-0.2, -0.15) is 0 Å². The highest BCUT2D eigenvalue weighted by Crippen LogP contribution is 2.37. The first-order valence-corrected chi connectivity index (χ1v) is 9.41. The lowest BCUT2D eigenvalue weighted by molar-refractivity contribution is 0.877. The topological polar surface area (TPSA) is 0 Å². The highest BCUT2D eigenvalue weighted by atomic mass is 35.5. The van der Waals surface area contributed by atoms with Crippen LogP contribution in [0.1, 0.15) is 16.7 Å². The lowest BCUT2D eigenvalue weighted by Gasteiger charge is -2.32. The Hall–Kier alpha value is 0.222. The molecule has 0 fully saturated rings. The summed E-state index contributed by atoms with van der Waals surface area (Å²) in [4.78, 5) is 0. The summed E-state index contributed by atoms with van der Waals surface area (Å²) in [6.07, 6.45) is 0. The van der Waals surface area contributed by atoms with Gasteiger partial charge >= 0.3 is 0 Å². The lowest BCUT2D eigenvalue weighted by atomic mass is 9.83. The molecule has 27 heavy (non-hydrogen) atoms. The molecule has 0 atom stereocenters. The number of hydrogen-bond acceptors (Lipinski definition) is 0. The molecular weight excluding hydrogens is 503 g/mol. The van der Waals surface area contributed by atoms with Crippen molar-refractivity contribution in [2.45, 2.75) is 4.28 Å². The largest absolute Gasteiger partial charge is 0.243 e. The van der Waals surface area contributed by atoms with Gasteiger partial charge in [-0.15, -0.1) is 49.6 Å². The Morgan fingerprint density at radius 2 is 0.630 bits per heavy atom. The average molecular weight is 522 g/mol. The van der Waals surface area contributed by atoms with Gasteiger partial charge in [0.2, 0.25) is 16.3 Å². The maximum atomic E-state index is 6.07. The Labute approximate surface area is 208 Å². The van der Waals surface area contributed by atoms with Crippen LogP contribution in [0.3, 0.4) is 0 Å². The van der Waals surface area contributed by atoms with Crippen molar-refractivity contribution in [2.75, 3.05) is 0 Å². The summed E-state index contributed by atoms with van der Waals surface area (Å²) in [5.41, 5.74) is 3.66. The van der Waals surface area contributed by atoms with E-state index in [1.54, 1.807) is 0 Å². The third-order valence-electron chi connectivity index (χ3n) is 4.26. The van der Waals surface area contributed by atoms with Crippen LogP contribution in [0.25, 0.3) is 0 Å². The number of hydrogen-bond donors (Lipinski definition) is 0. The highest BCUT2D eigenvalue weighted by Gasteiger charge is 2.30. The molecule has 0 bridgehead atoms. The molecule has 0 nitrogen and oxygen atoms in total. The normalized spacial score (nSPS) is 9.74. The van der Waals surface area contributed by atoms with E-state index in [0.717, 1.165) is 31.4 Å². The predicted octanol–water partition coefficient (Wildman–Crippen LogP) is 7.26. The van der Waals surface area contributed by atoms with Crippen LogP contribution < -0.4 is 0 Å². The molecule has 0 unspecified atom stereocenters. The zero-order valence-corrected chi connectivity index (χ0v) is 21.7. The summed E-state index contributed by atoms with van der Waals surface area (Å²) in [6.45, 7) is 0. The van der Waals surface area contributed by atoms with Crippen LogP contribution in [0.4, 0.5) is 0 Å². The second-order valence-corrected chi connectivity index (χ2v) is 8.45. The van der Waals surface area contributed by atoms with Gasteiger partial charge in [0.1, 0.15) is 0 Å². The second kappa shape index (κ2) is 12.7. The number of halogens is 7. The van der Waals surface area contributed by atoms with Gasteiger partial charge in [0.15, 0.2) is 0 Å². The van der Waals surface area contributed by atoms with E-state index in [4.69, 9.17) is 34.8 Å². The molecule has 8 heteroatoms. The molecule has 146 valence electrons. The lowest BCUT2D eigenvalue weighted by Crippen LogP contribution is -2.29. The smallest absolute Gasteiger partial charge is 0.147 e. The van der Waals surface area contributed by atoms with E-state index in [9.17, 15) is 0 Å². The first-order valence-electron chi connectivity index (χ1n) is 7.28. The zero-order chi connectivity index (χ0) is 16.4. The standard InChI is InChI=1S/C19H12Cl3.Al.4ClH.2H/c20-16-7-1-13(2-8-16)19(14-3-9-17(21)10-4-14)15-5-11-18(22)12-6-15;;;;;;;/h1-12H;;4*1H;;. The number of benzene rings is 3. The average Bonchev–Trinajstić information content (AvgIpc) is 2.56. The van der Waals surface area contributed by atoms with E-state index in [0.29, 0.717) is 0 Å². The Kier molecular flexibility index (Phi) is 13.9. The van der Waals surface area contributed by atoms with Crippen molar-refractivity contribution in [3.05, 3.63) is 105 Å². The van der Waals surface area contributed by atoms with Gasteiger partial charge in [-0.1, -0.05) is 71.2 Å². The maximum absolute atomic E-state index is 6.07. The van der Waals surface area contributed by atoms with Crippen LogP contribution in [0.2, 0.25) is 15.1 Å². The fourth-order valence-electron chi connectivity index (χ4n) is 2.85. The van der Waals surface area contributed by atoms with Gasteiger partial charge in [-0.3, -0.25) is 0 Å². The molecule has 3 aromatic rings. The molecule has 0 radical (unpaired) electrons. The van der Waals surface area contributed by atoms with Gasteiger partial charge < -0.3 is 0 Å². The van der Waals surface area contributed by atoms with Crippen LogP contribution in [0, 0.1) is 0 Å². The minimum absolute atomic E-state index is 0. The van der Waals surface area contributed by atoms with Gasteiger partial charge in [-0.25, -0.2) is 0 Å². The molecule has 0 N–H and O–H groups in total. The molecule has 0 aliphatic heterocycles. The summed E-state index contributed by atoms with van der Waals surface area (Å²) in [7, 11) is 0. The molecule has 0 saturated carbocycles. The van der Waals surface area contributed by atoms with Crippen LogP contribution in [-0.4, -0.2) is 16.3 Å². The first kappa shape index (κ1) is 29.4. The molecule has 0 heterocycles. The molecule has 0 saturated heterocycles. The van der Waals surface area contributed by atoms with E-state index < -0.39 is 0 Å². The summed E-state index contributed by atoms with van der Waals surface area (Å²) >= 11 is 19.1. The Bertz CT molecular complexity index is 692. The van der Waals surface area contributed by atoms with E-state index >= 15 is 0 Å². The van der Waals surface area contributed by atoms with E-state index in [2.05, 4.69) is 36.4 Å². The fraction of sp³-hybridized carbons (Fsp3) is 0.0526. The van der Waals surface area contributed by atoms with Gasteiger partial charge in [0, 0.05) is 15.1 Å². The molecule has 3 rings (SSSR count). The summed E-state index contributed by atoms with van der Waals surface area (Å²) < 4.78 is -0.181. The van der Waals surface area contributed by atoms with Crippen LogP contribution in [0.15, 0.2) is 72.8 Å². The monoisotopic (exact) mass is 518 g/mol. The SMILES string of the molecule is Cl.Cl.Cl.Cl.[AlH2][C](c1ccc(Cl)cc1)(c1ccc(Cl)cc1)c1ccc(Cl)cc1. The molecule has 0 amide bonds. The third kappa shape index (κ3) is 6.62. The van der Waals surface area contributed by atoms with E-state index in [-0.39, 0.29) is 53.9 Å². The van der Waals surface area contributed by atoms with Gasteiger partial charge in [0.25, 0.3) is 0 Å². The van der Waals surface area contributed by atoms with Crippen LogP contribution in [0.5, 0.6) is 0 Å². The van der Waals surface area contributed by atoms with Crippen molar-refractivity contribution < 1.29 is 0 Å². The van der Waals surface area contributed by atoms with Gasteiger partial charge in [0.05, 0.1) is 0 Å². The van der Waals surface area contributed by atoms with E-state index in [1.807, 2.05) is 36.4 Å². The van der Waals surface area contributed by atoms with Crippen LogP contribution >= 0.6 is 84.4 Å². The van der Waals surface area contributed by atoms with Crippen LogP contribution in [-0.2, 0) is 4.28 Å². The minimum atomic E-state index is -0.181. The van der Waals surface area contributed by atoms with E-state index in [1.165, 1.54) is 16.7 Å². The summed E-state index contributed by atoms with van der Waals surface area (Å²) in [6, 6.07) is 24.2. The third-order valence-corrected chi connectivity index (χ3v) is 6.75. The molecule has 0 spiro atoms. The Morgan fingerprint density at radius 3 is 0.815 bits per heavy atom. The first-order chi connectivity index (χ1) is 11.0. The highest BCUT2D eigenvalue weighted by molar-refractivity contribution is 6.31. The molecule has 3 aromatic carbocycles. The van der Waals surface area contributed by atoms with Crippen molar-refractivity contribution >= 4 is 101 Å². The molecule has 0 aromatic heterocycles. The Balaban J connectivity index is 0. The number of rotatable bonds is 3. The fourth-order valence-corrected chi connectivity index (χ4v) is 4.23. The van der Waals surface area contributed by atoms with Crippen molar-refractivity contribution in [3.63, 3.8) is 0 Å². The predicted molar refractivity (Wildman–Crippen MR) is 132 cm³/mol. The minimum Gasteiger partial charge on any atom is -0.147 e. The quantitative estimate of drug-likeness (QED) is 0.251. The summed E-state index contributed by atoms with van der Waals surface area (Å²) in [5.74, 6) is 0. The van der Waals surface area contributed by atoms with Crippen molar-refractivity contribution in [1.82, 2.24) is 0 Å². The van der Waals surface area contributed by atoms with Crippen molar-refractivity contribution in [1.29, 1.82) is 0 Å². The molecule has 0 aliphatic rings. The zero-order valence-electron chi connectivity index (χ0n) is 14.2. The Morgan fingerprint density at radius 1 is 0.444 bits per heavy atom. The molecular formula is C19H18AlCl7. The van der Waals surface area contributed by atoms with Gasteiger partial charge in [-0.05, 0) is 57.4 Å². The molecule has 0 aliphatic carbocycles.